The molecule has 1 fully saturated rings. The zero-order valence-corrected chi connectivity index (χ0v) is 11.4. The van der Waals surface area contributed by atoms with Crippen LogP contribution in [-0.2, 0) is 9.59 Å². The van der Waals surface area contributed by atoms with Crippen molar-refractivity contribution in [2.45, 2.75) is 53.0 Å². The molecular formula is C13H23NO3. The van der Waals surface area contributed by atoms with Gasteiger partial charge in [0.15, 0.2) is 0 Å². The van der Waals surface area contributed by atoms with E-state index in [9.17, 15) is 9.59 Å². The first-order chi connectivity index (χ1) is 7.53. The minimum absolute atomic E-state index is 0.0355. The SMILES string of the molecule is CC(C)(C)CC(C)(C)N1C[C@@H](C(=O)O)CC1=O. The summed E-state index contributed by atoms with van der Waals surface area (Å²) >= 11 is 0. The van der Waals surface area contributed by atoms with Gasteiger partial charge in [0, 0.05) is 18.5 Å². The lowest BCUT2D eigenvalue weighted by Gasteiger charge is -2.40. The minimum Gasteiger partial charge on any atom is -0.481 e. The van der Waals surface area contributed by atoms with Gasteiger partial charge >= 0.3 is 5.97 Å². The van der Waals surface area contributed by atoms with Gasteiger partial charge in [0.1, 0.15) is 0 Å². The van der Waals surface area contributed by atoms with Crippen molar-refractivity contribution in [1.82, 2.24) is 4.90 Å². The fourth-order valence-electron chi connectivity index (χ4n) is 2.85. The first kappa shape index (κ1) is 14.0. The third kappa shape index (κ3) is 3.45. The third-order valence-corrected chi connectivity index (χ3v) is 3.17. The topological polar surface area (TPSA) is 57.6 Å². The van der Waals surface area contributed by atoms with E-state index in [4.69, 9.17) is 5.11 Å². The molecule has 17 heavy (non-hydrogen) atoms. The summed E-state index contributed by atoms with van der Waals surface area (Å²) in [6.45, 7) is 10.8. The van der Waals surface area contributed by atoms with E-state index in [0.29, 0.717) is 6.54 Å². The molecule has 1 amide bonds. The smallest absolute Gasteiger partial charge is 0.308 e. The highest BCUT2D eigenvalue weighted by atomic mass is 16.4. The number of carbonyl (C=O) groups excluding carboxylic acids is 1. The van der Waals surface area contributed by atoms with E-state index in [-0.39, 0.29) is 23.3 Å². The number of nitrogens with zero attached hydrogens (tertiary/aromatic N) is 1. The van der Waals surface area contributed by atoms with Crippen LogP contribution in [0.25, 0.3) is 0 Å². The van der Waals surface area contributed by atoms with Crippen LogP contribution in [0.4, 0.5) is 0 Å². The molecule has 0 aromatic rings. The summed E-state index contributed by atoms with van der Waals surface area (Å²) in [4.78, 5) is 24.5. The van der Waals surface area contributed by atoms with Crippen LogP contribution >= 0.6 is 0 Å². The second kappa shape index (κ2) is 4.31. The number of hydrogen-bond donors (Lipinski definition) is 1. The Hall–Kier alpha value is -1.06. The Morgan fingerprint density at radius 2 is 1.88 bits per heavy atom. The lowest BCUT2D eigenvalue weighted by molar-refractivity contribution is -0.141. The van der Waals surface area contributed by atoms with Gasteiger partial charge in [-0.1, -0.05) is 20.8 Å². The molecule has 4 heteroatoms. The average molecular weight is 241 g/mol. The van der Waals surface area contributed by atoms with Gasteiger partial charge < -0.3 is 10.0 Å². The normalized spacial score (nSPS) is 22.1. The zero-order valence-electron chi connectivity index (χ0n) is 11.4. The lowest BCUT2D eigenvalue weighted by Crippen LogP contribution is -2.47. The fourth-order valence-corrected chi connectivity index (χ4v) is 2.85. The summed E-state index contributed by atoms with van der Waals surface area (Å²) in [6.07, 6.45) is 1.00. The summed E-state index contributed by atoms with van der Waals surface area (Å²) in [5.74, 6) is -1.44. The Morgan fingerprint density at radius 1 is 1.35 bits per heavy atom. The number of aliphatic carboxylic acids is 1. The molecule has 1 saturated heterocycles. The Morgan fingerprint density at radius 3 is 2.24 bits per heavy atom. The third-order valence-electron chi connectivity index (χ3n) is 3.17. The fraction of sp³-hybridized carbons (Fsp3) is 0.846. The van der Waals surface area contributed by atoms with Crippen LogP contribution in [0.1, 0.15) is 47.5 Å². The first-order valence-electron chi connectivity index (χ1n) is 6.06. The molecule has 0 bridgehead atoms. The van der Waals surface area contributed by atoms with E-state index in [1.807, 2.05) is 13.8 Å². The highest BCUT2D eigenvalue weighted by Crippen LogP contribution is 2.35. The number of carboxylic acid groups (broad SMARTS) is 1. The van der Waals surface area contributed by atoms with Crippen LogP contribution in [0, 0.1) is 11.3 Å². The monoisotopic (exact) mass is 241 g/mol. The van der Waals surface area contributed by atoms with Crippen LogP contribution in [-0.4, -0.2) is 34.0 Å². The van der Waals surface area contributed by atoms with Gasteiger partial charge in [-0.2, -0.15) is 0 Å². The van der Waals surface area contributed by atoms with Crippen molar-refractivity contribution in [3.05, 3.63) is 0 Å². The van der Waals surface area contributed by atoms with Crippen molar-refractivity contribution in [1.29, 1.82) is 0 Å². The number of amides is 1. The number of carbonyl (C=O) groups is 2. The van der Waals surface area contributed by atoms with E-state index in [1.165, 1.54) is 0 Å². The van der Waals surface area contributed by atoms with Crippen LogP contribution in [0.5, 0.6) is 0 Å². The molecule has 1 aliphatic heterocycles. The molecule has 0 unspecified atom stereocenters. The highest BCUT2D eigenvalue weighted by molar-refractivity contribution is 5.86. The van der Waals surface area contributed by atoms with Gasteiger partial charge in [0.25, 0.3) is 0 Å². The van der Waals surface area contributed by atoms with Crippen LogP contribution in [0.2, 0.25) is 0 Å². The van der Waals surface area contributed by atoms with Crippen LogP contribution in [0.3, 0.4) is 0 Å². The summed E-state index contributed by atoms with van der Waals surface area (Å²) < 4.78 is 0. The van der Waals surface area contributed by atoms with Crippen LogP contribution in [0.15, 0.2) is 0 Å². The predicted molar refractivity (Wildman–Crippen MR) is 65.6 cm³/mol. The molecule has 0 saturated carbocycles. The predicted octanol–water partition coefficient (Wildman–Crippen LogP) is 2.13. The Labute approximate surface area is 103 Å². The molecule has 0 radical (unpaired) electrons. The number of rotatable bonds is 3. The molecular weight excluding hydrogens is 218 g/mol. The molecule has 1 aliphatic rings. The van der Waals surface area contributed by atoms with Gasteiger partial charge in [-0.3, -0.25) is 9.59 Å². The average Bonchev–Trinajstić information content (AvgIpc) is 2.43. The maximum absolute atomic E-state index is 11.9. The maximum atomic E-state index is 11.9. The highest BCUT2D eigenvalue weighted by Gasteiger charge is 2.42. The Bertz CT molecular complexity index is 328. The number of likely N-dealkylation sites (tertiary alicyclic amines) is 1. The van der Waals surface area contributed by atoms with Crippen molar-refractivity contribution in [3.8, 4) is 0 Å². The Kier molecular flexibility index (Phi) is 3.55. The van der Waals surface area contributed by atoms with Crippen molar-refractivity contribution >= 4 is 11.9 Å². The second-order valence-electron chi connectivity index (χ2n) is 6.79. The Balaban J connectivity index is 2.79. The second-order valence-corrected chi connectivity index (χ2v) is 6.79. The van der Waals surface area contributed by atoms with E-state index in [2.05, 4.69) is 20.8 Å². The molecule has 0 aliphatic carbocycles. The number of hydrogen-bond acceptors (Lipinski definition) is 2. The standard InChI is InChI=1S/C13H23NO3/c1-12(2,3)8-13(4,5)14-7-9(11(16)17)6-10(14)15/h9H,6-8H2,1-5H3,(H,16,17)/t9-/m0/s1. The molecule has 1 N–H and O–H groups in total. The first-order valence-corrected chi connectivity index (χ1v) is 6.06. The summed E-state index contributed by atoms with van der Waals surface area (Å²) in [5.41, 5.74) is -0.162. The molecule has 1 heterocycles. The largest absolute Gasteiger partial charge is 0.481 e. The van der Waals surface area contributed by atoms with E-state index in [1.54, 1.807) is 4.90 Å². The maximum Gasteiger partial charge on any atom is 0.308 e. The van der Waals surface area contributed by atoms with Crippen molar-refractivity contribution in [2.24, 2.45) is 11.3 Å². The minimum atomic E-state index is -0.868. The molecule has 1 atom stereocenters. The molecule has 0 spiro atoms. The lowest BCUT2D eigenvalue weighted by atomic mass is 9.81. The summed E-state index contributed by atoms with van der Waals surface area (Å²) in [6, 6.07) is 0. The summed E-state index contributed by atoms with van der Waals surface area (Å²) in [7, 11) is 0. The zero-order chi connectivity index (χ0) is 13.4. The van der Waals surface area contributed by atoms with Crippen molar-refractivity contribution < 1.29 is 14.7 Å². The molecule has 0 aromatic heterocycles. The quantitative estimate of drug-likeness (QED) is 0.823. The van der Waals surface area contributed by atoms with Gasteiger partial charge in [-0.15, -0.1) is 0 Å². The van der Waals surface area contributed by atoms with Crippen molar-refractivity contribution in [3.63, 3.8) is 0 Å². The molecule has 0 aromatic carbocycles. The van der Waals surface area contributed by atoms with E-state index >= 15 is 0 Å². The molecule has 4 nitrogen and oxygen atoms in total. The number of carboxylic acids is 1. The van der Waals surface area contributed by atoms with Crippen LogP contribution < -0.4 is 0 Å². The van der Waals surface area contributed by atoms with E-state index < -0.39 is 11.9 Å². The van der Waals surface area contributed by atoms with Gasteiger partial charge in [-0.05, 0) is 25.7 Å². The van der Waals surface area contributed by atoms with Gasteiger partial charge in [0.2, 0.25) is 5.91 Å². The summed E-state index contributed by atoms with van der Waals surface area (Å²) in [5, 5.41) is 8.97. The van der Waals surface area contributed by atoms with E-state index in [0.717, 1.165) is 6.42 Å². The molecule has 1 rings (SSSR count). The molecule has 98 valence electrons. The van der Waals surface area contributed by atoms with Gasteiger partial charge in [-0.25, -0.2) is 0 Å². The van der Waals surface area contributed by atoms with Gasteiger partial charge in [0.05, 0.1) is 5.92 Å². The van der Waals surface area contributed by atoms with Crippen molar-refractivity contribution in [2.75, 3.05) is 6.54 Å².